The van der Waals surface area contributed by atoms with Gasteiger partial charge in [-0.05, 0) is 35.6 Å². The van der Waals surface area contributed by atoms with E-state index in [0.717, 1.165) is 11.9 Å². The number of likely N-dealkylation sites (tertiary alicyclic amines) is 1. The molecule has 1 aliphatic rings. The number of aryl methyl sites for hydroxylation is 1. The minimum atomic E-state index is -0.315. The molecular formula is C14H16N2O2. The van der Waals surface area contributed by atoms with Crippen molar-refractivity contribution < 1.29 is 9.90 Å². The second-order valence-corrected chi connectivity index (χ2v) is 4.85. The zero-order valence-electron chi connectivity index (χ0n) is 10.1. The first-order chi connectivity index (χ1) is 8.72. The van der Waals surface area contributed by atoms with E-state index in [9.17, 15) is 4.79 Å². The molecule has 1 fully saturated rings. The van der Waals surface area contributed by atoms with Gasteiger partial charge in [-0.15, -0.1) is 0 Å². The minimum absolute atomic E-state index is 0.134. The number of aromatic amines is 1. The smallest absolute Gasteiger partial charge is 0.223 e. The molecule has 0 atom stereocenters. The van der Waals surface area contributed by atoms with E-state index in [0.29, 0.717) is 19.5 Å². The Balaban J connectivity index is 1.60. The number of hydrogen-bond acceptors (Lipinski definition) is 2. The van der Waals surface area contributed by atoms with E-state index in [1.165, 1.54) is 10.9 Å². The third-order valence-electron chi connectivity index (χ3n) is 3.46. The van der Waals surface area contributed by atoms with Gasteiger partial charge in [-0.1, -0.05) is 6.07 Å². The topological polar surface area (TPSA) is 56.3 Å². The van der Waals surface area contributed by atoms with E-state index >= 15 is 0 Å². The van der Waals surface area contributed by atoms with Crippen LogP contribution in [0.15, 0.2) is 30.5 Å². The predicted octanol–water partition coefficient (Wildman–Crippen LogP) is 1.30. The predicted molar refractivity (Wildman–Crippen MR) is 69.2 cm³/mol. The SMILES string of the molecule is O=C(CCc1ccc2[nH]ccc2c1)N1CC(O)C1. The molecule has 0 spiro atoms. The van der Waals surface area contributed by atoms with E-state index in [-0.39, 0.29) is 12.0 Å². The molecule has 1 aromatic heterocycles. The van der Waals surface area contributed by atoms with Gasteiger partial charge in [0.1, 0.15) is 0 Å². The van der Waals surface area contributed by atoms with Crippen LogP contribution >= 0.6 is 0 Å². The van der Waals surface area contributed by atoms with Crippen molar-refractivity contribution in [2.24, 2.45) is 0 Å². The lowest BCUT2D eigenvalue weighted by Gasteiger charge is -2.35. The summed E-state index contributed by atoms with van der Waals surface area (Å²) < 4.78 is 0. The first kappa shape index (κ1) is 11.3. The number of benzene rings is 1. The van der Waals surface area contributed by atoms with Crippen LogP contribution in [0.3, 0.4) is 0 Å². The Morgan fingerprint density at radius 2 is 2.22 bits per heavy atom. The summed E-state index contributed by atoms with van der Waals surface area (Å²) in [6.45, 7) is 0.991. The Morgan fingerprint density at radius 1 is 1.39 bits per heavy atom. The van der Waals surface area contributed by atoms with Gasteiger partial charge in [-0.25, -0.2) is 0 Å². The number of β-amino-alcohol motifs (C(OH)–C–C–N with tert-alkyl or cyclic N) is 1. The first-order valence-corrected chi connectivity index (χ1v) is 6.24. The van der Waals surface area contributed by atoms with E-state index in [4.69, 9.17) is 5.11 Å². The number of nitrogens with zero attached hydrogens (tertiary/aromatic N) is 1. The van der Waals surface area contributed by atoms with Gasteiger partial charge in [-0.3, -0.25) is 4.79 Å². The van der Waals surface area contributed by atoms with Crippen LogP contribution in [0, 0.1) is 0 Å². The van der Waals surface area contributed by atoms with Crippen molar-refractivity contribution in [3.63, 3.8) is 0 Å². The Bertz CT molecular complexity index is 570. The fourth-order valence-corrected chi connectivity index (χ4v) is 2.33. The van der Waals surface area contributed by atoms with Crippen LogP contribution in [-0.2, 0) is 11.2 Å². The Morgan fingerprint density at radius 3 is 3.00 bits per heavy atom. The number of aliphatic hydroxyl groups excluding tert-OH is 1. The molecule has 2 N–H and O–H groups in total. The molecule has 0 radical (unpaired) electrons. The highest BCUT2D eigenvalue weighted by molar-refractivity contribution is 5.80. The van der Waals surface area contributed by atoms with Crippen LogP contribution in [0.4, 0.5) is 0 Å². The number of rotatable bonds is 3. The van der Waals surface area contributed by atoms with Crippen molar-refractivity contribution in [3.8, 4) is 0 Å². The van der Waals surface area contributed by atoms with Gasteiger partial charge < -0.3 is 15.0 Å². The number of aliphatic hydroxyl groups is 1. The van der Waals surface area contributed by atoms with Crippen LogP contribution in [0.5, 0.6) is 0 Å². The van der Waals surface area contributed by atoms with Gasteiger partial charge in [0.25, 0.3) is 0 Å². The Kier molecular flexibility index (Phi) is 2.80. The number of hydrogen-bond donors (Lipinski definition) is 2. The van der Waals surface area contributed by atoms with Gasteiger partial charge in [0, 0.05) is 31.2 Å². The van der Waals surface area contributed by atoms with Gasteiger partial charge in [0.05, 0.1) is 6.10 Å². The average molecular weight is 244 g/mol. The summed E-state index contributed by atoms with van der Waals surface area (Å²) in [6, 6.07) is 8.25. The van der Waals surface area contributed by atoms with Gasteiger partial charge in [0.15, 0.2) is 0 Å². The van der Waals surface area contributed by atoms with Crippen molar-refractivity contribution in [2.75, 3.05) is 13.1 Å². The van der Waals surface area contributed by atoms with E-state index in [1.54, 1.807) is 4.90 Å². The van der Waals surface area contributed by atoms with Gasteiger partial charge >= 0.3 is 0 Å². The lowest BCUT2D eigenvalue weighted by atomic mass is 10.1. The lowest BCUT2D eigenvalue weighted by molar-refractivity contribution is -0.141. The minimum Gasteiger partial charge on any atom is -0.389 e. The number of amides is 1. The highest BCUT2D eigenvalue weighted by Crippen LogP contribution is 2.16. The molecule has 1 saturated heterocycles. The fourth-order valence-electron chi connectivity index (χ4n) is 2.33. The number of carbonyl (C=O) groups is 1. The summed E-state index contributed by atoms with van der Waals surface area (Å²) in [4.78, 5) is 16.6. The molecule has 0 bridgehead atoms. The first-order valence-electron chi connectivity index (χ1n) is 6.24. The largest absolute Gasteiger partial charge is 0.389 e. The zero-order valence-corrected chi connectivity index (χ0v) is 10.1. The lowest BCUT2D eigenvalue weighted by Crippen LogP contribution is -2.53. The van der Waals surface area contributed by atoms with Crippen LogP contribution in [0.25, 0.3) is 10.9 Å². The molecule has 1 aliphatic heterocycles. The summed E-state index contributed by atoms with van der Waals surface area (Å²) in [6.07, 6.45) is 2.88. The normalized spacial score (nSPS) is 15.9. The highest BCUT2D eigenvalue weighted by atomic mass is 16.3. The molecular weight excluding hydrogens is 228 g/mol. The maximum Gasteiger partial charge on any atom is 0.223 e. The van der Waals surface area contributed by atoms with Gasteiger partial charge in [-0.2, -0.15) is 0 Å². The van der Waals surface area contributed by atoms with Crippen LogP contribution < -0.4 is 0 Å². The molecule has 2 aromatic rings. The van der Waals surface area contributed by atoms with Crippen LogP contribution in [-0.4, -0.2) is 40.1 Å². The number of carbonyl (C=O) groups excluding carboxylic acids is 1. The van der Waals surface area contributed by atoms with Crippen LogP contribution in [0.1, 0.15) is 12.0 Å². The molecule has 2 heterocycles. The van der Waals surface area contributed by atoms with E-state index < -0.39 is 0 Å². The van der Waals surface area contributed by atoms with Crippen molar-refractivity contribution in [2.45, 2.75) is 18.9 Å². The standard InChI is InChI=1S/C14H16N2O2/c17-12-8-16(9-12)14(18)4-2-10-1-3-13-11(7-10)5-6-15-13/h1,3,5-7,12,15,17H,2,4,8-9H2. The second kappa shape index (κ2) is 4.46. The summed E-state index contributed by atoms with van der Waals surface area (Å²) in [5, 5.41) is 10.3. The van der Waals surface area contributed by atoms with Crippen molar-refractivity contribution in [1.29, 1.82) is 0 Å². The van der Waals surface area contributed by atoms with Crippen molar-refractivity contribution in [1.82, 2.24) is 9.88 Å². The summed E-state index contributed by atoms with van der Waals surface area (Å²) in [5.41, 5.74) is 2.30. The number of H-pyrrole nitrogens is 1. The fraction of sp³-hybridized carbons (Fsp3) is 0.357. The van der Waals surface area contributed by atoms with Crippen molar-refractivity contribution >= 4 is 16.8 Å². The summed E-state index contributed by atoms with van der Waals surface area (Å²) >= 11 is 0. The van der Waals surface area contributed by atoms with E-state index in [1.807, 2.05) is 18.3 Å². The van der Waals surface area contributed by atoms with E-state index in [2.05, 4.69) is 17.1 Å². The number of aromatic nitrogens is 1. The molecule has 4 nitrogen and oxygen atoms in total. The molecule has 0 saturated carbocycles. The second-order valence-electron chi connectivity index (χ2n) is 4.85. The molecule has 18 heavy (non-hydrogen) atoms. The molecule has 1 aromatic carbocycles. The third-order valence-corrected chi connectivity index (χ3v) is 3.46. The highest BCUT2D eigenvalue weighted by Gasteiger charge is 2.27. The number of fused-ring (bicyclic) bond motifs is 1. The summed E-state index contributed by atoms with van der Waals surface area (Å²) in [5.74, 6) is 0.134. The zero-order chi connectivity index (χ0) is 12.5. The monoisotopic (exact) mass is 244 g/mol. The molecule has 3 rings (SSSR count). The maximum atomic E-state index is 11.8. The third kappa shape index (κ3) is 2.11. The Labute approximate surface area is 105 Å². The quantitative estimate of drug-likeness (QED) is 0.855. The van der Waals surface area contributed by atoms with Gasteiger partial charge in [0.2, 0.25) is 5.91 Å². The molecule has 4 heteroatoms. The number of nitrogens with one attached hydrogen (secondary N) is 1. The summed E-state index contributed by atoms with van der Waals surface area (Å²) in [7, 11) is 0. The maximum absolute atomic E-state index is 11.8. The molecule has 94 valence electrons. The molecule has 1 amide bonds. The average Bonchev–Trinajstić information content (AvgIpc) is 2.79. The van der Waals surface area contributed by atoms with Crippen molar-refractivity contribution in [3.05, 3.63) is 36.0 Å². The molecule has 0 aliphatic carbocycles. The molecule has 0 unspecified atom stereocenters. The Hall–Kier alpha value is -1.81. The van der Waals surface area contributed by atoms with Crippen LogP contribution in [0.2, 0.25) is 0 Å².